The summed E-state index contributed by atoms with van der Waals surface area (Å²) in [7, 11) is 1.24. The number of ketones is 1. The monoisotopic (exact) mass is 494 g/mol. The molecule has 2 saturated carbocycles. The van der Waals surface area contributed by atoms with Crippen molar-refractivity contribution in [3.8, 4) is 0 Å². The molecule has 0 aromatic heterocycles. The smallest absolute Gasteiger partial charge is 0.316 e. The number of esters is 2. The molecule has 0 aromatic rings. The first-order chi connectivity index (χ1) is 16.2. The third-order valence-corrected chi connectivity index (χ3v) is 10.7. The lowest BCUT2D eigenvalue weighted by Gasteiger charge is -2.59. The Balaban J connectivity index is 1.75. The molecule has 1 N–H and O–H groups in total. The first-order valence-electron chi connectivity index (χ1n) is 12.7. The molecule has 9 nitrogen and oxygen atoms in total. The van der Waals surface area contributed by atoms with Crippen LogP contribution in [0.2, 0.25) is 0 Å². The summed E-state index contributed by atoms with van der Waals surface area (Å²) >= 11 is 0. The van der Waals surface area contributed by atoms with Gasteiger partial charge in [0.25, 0.3) is 0 Å². The maximum Gasteiger partial charge on any atom is 0.316 e. The van der Waals surface area contributed by atoms with E-state index in [1.54, 1.807) is 0 Å². The molecule has 5 aliphatic rings. The van der Waals surface area contributed by atoms with E-state index in [9.17, 15) is 19.5 Å². The fourth-order valence-electron chi connectivity index (χ4n) is 8.79. The zero-order valence-corrected chi connectivity index (χ0v) is 21.8. The Bertz CT molecular complexity index is 974. The van der Waals surface area contributed by atoms with E-state index in [2.05, 4.69) is 6.92 Å². The fraction of sp³-hybridized carbons (Fsp3) is 0.885. The highest BCUT2D eigenvalue weighted by molar-refractivity contribution is 6.05. The average Bonchev–Trinajstić information content (AvgIpc) is 2.89. The number of hydrogen-bond acceptors (Lipinski definition) is 9. The molecule has 0 aromatic carbocycles. The minimum atomic E-state index is -2.18. The summed E-state index contributed by atoms with van der Waals surface area (Å²) in [4.78, 5) is 51.1. The van der Waals surface area contributed by atoms with Gasteiger partial charge in [-0.15, -0.1) is 0 Å². The normalized spacial score (nSPS) is 52.8. The van der Waals surface area contributed by atoms with Crippen molar-refractivity contribution in [2.24, 2.45) is 34.5 Å². The molecule has 5 rings (SSSR count). The Hall–Kier alpha value is -1.55. The van der Waals surface area contributed by atoms with Crippen LogP contribution in [0.1, 0.15) is 73.6 Å². The maximum atomic E-state index is 13.6. The predicted octanol–water partition coefficient (Wildman–Crippen LogP) is 2.72. The fourth-order valence-corrected chi connectivity index (χ4v) is 8.79. The largest absolute Gasteiger partial charge is 0.468 e. The molecule has 2 aliphatic carbocycles. The lowest BCUT2D eigenvalue weighted by Crippen LogP contribution is -2.73. The second kappa shape index (κ2) is 7.27. The Morgan fingerprint density at radius 2 is 1.80 bits per heavy atom. The van der Waals surface area contributed by atoms with E-state index in [4.69, 9.17) is 24.0 Å². The number of methoxy groups -OCH3 is 1. The maximum absolute atomic E-state index is 13.6. The van der Waals surface area contributed by atoms with E-state index in [1.807, 2.05) is 27.7 Å². The Kier molecular flexibility index (Phi) is 5.22. The SMILES string of the molecule is COC(=O)[C@@H]1C(=O)[C@@](C)(O)[C@@]23OOC[C@]45CCC(=O)OC(C)(C)[C@@H]4CC[C@H](C)[C@]5(C[C@]2(C)[C@H]1C)O3. The van der Waals surface area contributed by atoms with Gasteiger partial charge in [-0.25, -0.2) is 4.89 Å². The van der Waals surface area contributed by atoms with Crippen LogP contribution in [0.15, 0.2) is 0 Å². The molecule has 0 radical (unpaired) electrons. The average molecular weight is 495 g/mol. The van der Waals surface area contributed by atoms with Crippen LogP contribution in [-0.4, -0.2) is 59.1 Å². The summed E-state index contributed by atoms with van der Waals surface area (Å²) in [6.07, 6.45) is 2.74. The molecule has 196 valence electrons. The number of hydrogen-bond donors (Lipinski definition) is 1. The molecular formula is C26H38O9. The third-order valence-electron chi connectivity index (χ3n) is 10.7. The molecule has 2 bridgehead atoms. The highest BCUT2D eigenvalue weighted by Gasteiger charge is 2.85. The van der Waals surface area contributed by atoms with Gasteiger partial charge < -0.3 is 19.3 Å². The first kappa shape index (κ1) is 25.1. The van der Waals surface area contributed by atoms with Crippen LogP contribution in [0, 0.1) is 34.5 Å². The molecule has 35 heavy (non-hydrogen) atoms. The van der Waals surface area contributed by atoms with Crippen LogP contribution in [0.25, 0.3) is 0 Å². The zero-order valence-electron chi connectivity index (χ0n) is 21.8. The molecular weight excluding hydrogens is 456 g/mol. The standard InChI is InChI=1S/C26H38O9/c1-14-8-9-16-21(3,4)33-17(27)10-11-24(16)13-32-35-26-22(5,12-25(14,24)34-26)15(2)18(20(29)31-7)19(28)23(26,6)30/h14-16,18,30H,8-13H2,1-7H3/t14-,15-,16-,18-,22+,23+,24+,25-,26-/m0/s1. The van der Waals surface area contributed by atoms with Crippen LogP contribution in [0.4, 0.5) is 0 Å². The highest BCUT2D eigenvalue weighted by Crippen LogP contribution is 2.74. The number of cyclic esters (lactones) is 1. The molecule has 3 heterocycles. The number of ether oxygens (including phenoxy) is 3. The molecule has 5 fully saturated rings. The Morgan fingerprint density at radius 3 is 2.46 bits per heavy atom. The van der Waals surface area contributed by atoms with Gasteiger partial charge in [-0.05, 0) is 58.3 Å². The zero-order chi connectivity index (χ0) is 25.8. The van der Waals surface area contributed by atoms with Crippen molar-refractivity contribution in [3.63, 3.8) is 0 Å². The summed E-state index contributed by atoms with van der Waals surface area (Å²) in [5, 5.41) is 11.8. The number of Topliss-reactive ketones (excluding diaryl/α,β-unsaturated/α-hetero) is 1. The summed E-state index contributed by atoms with van der Waals surface area (Å²) in [6.45, 7) is 11.2. The molecule has 9 heteroatoms. The van der Waals surface area contributed by atoms with Crippen LogP contribution < -0.4 is 0 Å². The second-order valence-corrected chi connectivity index (χ2v) is 12.5. The summed E-state index contributed by atoms with van der Waals surface area (Å²) < 4.78 is 17.9. The molecule has 3 spiro atoms. The van der Waals surface area contributed by atoms with Gasteiger partial charge in [0.1, 0.15) is 11.5 Å². The number of aliphatic hydroxyl groups is 1. The minimum Gasteiger partial charge on any atom is -0.468 e. The first-order valence-corrected chi connectivity index (χ1v) is 12.7. The predicted molar refractivity (Wildman–Crippen MR) is 120 cm³/mol. The van der Waals surface area contributed by atoms with E-state index >= 15 is 0 Å². The van der Waals surface area contributed by atoms with E-state index < -0.39 is 57.0 Å². The number of carbonyl (C=O) groups is 3. The van der Waals surface area contributed by atoms with Crippen molar-refractivity contribution in [2.45, 2.75) is 96.2 Å². The van der Waals surface area contributed by atoms with Crippen LogP contribution in [0.5, 0.6) is 0 Å². The van der Waals surface area contributed by atoms with Gasteiger partial charge in [-0.1, -0.05) is 20.8 Å². The van der Waals surface area contributed by atoms with Crippen molar-refractivity contribution >= 4 is 17.7 Å². The number of carbonyl (C=O) groups excluding carboxylic acids is 3. The van der Waals surface area contributed by atoms with Gasteiger partial charge in [-0.3, -0.25) is 14.4 Å². The van der Waals surface area contributed by atoms with E-state index in [1.165, 1.54) is 14.0 Å². The quantitative estimate of drug-likeness (QED) is 0.333. The van der Waals surface area contributed by atoms with Crippen molar-refractivity contribution in [1.29, 1.82) is 0 Å². The number of rotatable bonds is 1. The van der Waals surface area contributed by atoms with Crippen molar-refractivity contribution in [3.05, 3.63) is 0 Å². The van der Waals surface area contributed by atoms with Gasteiger partial charge >= 0.3 is 11.9 Å². The van der Waals surface area contributed by atoms with Gasteiger partial charge in [0.15, 0.2) is 11.4 Å². The van der Waals surface area contributed by atoms with E-state index in [0.29, 0.717) is 12.8 Å². The van der Waals surface area contributed by atoms with E-state index in [-0.39, 0.29) is 30.8 Å². The summed E-state index contributed by atoms with van der Waals surface area (Å²) in [5.74, 6) is -5.29. The van der Waals surface area contributed by atoms with E-state index in [0.717, 1.165) is 12.8 Å². The highest BCUT2D eigenvalue weighted by atomic mass is 17.2. The van der Waals surface area contributed by atoms with Crippen molar-refractivity contribution in [1.82, 2.24) is 0 Å². The van der Waals surface area contributed by atoms with Crippen molar-refractivity contribution < 1.29 is 43.5 Å². The molecule has 0 amide bonds. The van der Waals surface area contributed by atoms with Gasteiger partial charge in [0.2, 0.25) is 5.79 Å². The summed E-state index contributed by atoms with van der Waals surface area (Å²) in [6, 6.07) is 0. The molecule has 3 saturated heterocycles. The molecule has 3 aliphatic heterocycles. The van der Waals surface area contributed by atoms with Crippen molar-refractivity contribution in [2.75, 3.05) is 13.7 Å². The topological polar surface area (TPSA) is 118 Å². The van der Waals surface area contributed by atoms with Gasteiger partial charge in [-0.2, -0.15) is 4.89 Å². The summed E-state index contributed by atoms with van der Waals surface area (Å²) in [5.41, 5.74) is -5.46. The van der Waals surface area contributed by atoms with Gasteiger partial charge in [0.05, 0.1) is 19.3 Å². The minimum absolute atomic E-state index is 0.0158. The van der Waals surface area contributed by atoms with Gasteiger partial charge in [0, 0.05) is 23.2 Å². The lowest BCUT2D eigenvalue weighted by atomic mass is 9.46. The molecule has 9 atom stereocenters. The van der Waals surface area contributed by atoms with Crippen LogP contribution in [0.3, 0.4) is 0 Å². The van der Waals surface area contributed by atoms with Crippen LogP contribution >= 0.6 is 0 Å². The van der Waals surface area contributed by atoms with Crippen LogP contribution in [-0.2, 0) is 38.4 Å². The Labute approximate surface area is 206 Å². The third kappa shape index (κ3) is 2.71. The molecule has 0 unspecified atom stereocenters. The lowest BCUT2D eigenvalue weighted by molar-refractivity contribution is -0.474. The second-order valence-electron chi connectivity index (χ2n) is 12.5. The Morgan fingerprint density at radius 1 is 1.11 bits per heavy atom.